The number of carbonyl (C=O) groups is 3. The van der Waals surface area contributed by atoms with Gasteiger partial charge in [0, 0.05) is 11.5 Å². The molecule has 2 aromatic carbocycles. The van der Waals surface area contributed by atoms with Crippen LogP contribution in [0.3, 0.4) is 0 Å². The van der Waals surface area contributed by atoms with Crippen LogP contribution < -0.4 is 0 Å². The molecule has 0 aromatic heterocycles. The van der Waals surface area contributed by atoms with Crippen LogP contribution in [-0.2, 0) is 14.3 Å². The lowest BCUT2D eigenvalue weighted by Gasteiger charge is -2.29. The second-order valence-corrected chi connectivity index (χ2v) is 7.00. The van der Waals surface area contributed by atoms with E-state index in [1.807, 2.05) is 26.8 Å². The first-order valence-corrected chi connectivity index (χ1v) is 10.0. The molecule has 0 aliphatic heterocycles. The van der Waals surface area contributed by atoms with Crippen molar-refractivity contribution in [1.29, 1.82) is 0 Å². The molecule has 0 radical (unpaired) electrons. The molecule has 0 fully saturated rings. The first-order chi connectivity index (χ1) is 14.0. The summed E-state index contributed by atoms with van der Waals surface area (Å²) in [7, 11) is 0. The minimum atomic E-state index is -0.884. The van der Waals surface area contributed by atoms with Gasteiger partial charge in [-0.3, -0.25) is 4.79 Å². The minimum Gasteiger partial charge on any atom is -0.458 e. The zero-order valence-electron chi connectivity index (χ0n) is 17.2. The fourth-order valence-corrected chi connectivity index (χ4v) is 3.19. The van der Waals surface area contributed by atoms with E-state index in [4.69, 9.17) is 9.47 Å². The Morgan fingerprint density at radius 3 is 1.86 bits per heavy atom. The van der Waals surface area contributed by atoms with E-state index in [0.29, 0.717) is 24.0 Å². The van der Waals surface area contributed by atoms with Crippen LogP contribution in [-0.4, -0.2) is 29.9 Å². The topological polar surface area (TPSA) is 69.7 Å². The second-order valence-electron chi connectivity index (χ2n) is 7.00. The molecule has 3 unspecified atom stereocenters. The number of ether oxygens (including phenoxy) is 2. The van der Waals surface area contributed by atoms with Gasteiger partial charge in [0.25, 0.3) is 5.78 Å². The molecule has 0 heterocycles. The summed E-state index contributed by atoms with van der Waals surface area (Å²) in [5, 5.41) is 0. The zero-order valence-corrected chi connectivity index (χ0v) is 17.2. The molecule has 0 aliphatic carbocycles. The minimum absolute atomic E-state index is 0.250. The molecule has 0 amide bonds. The predicted molar refractivity (Wildman–Crippen MR) is 111 cm³/mol. The van der Waals surface area contributed by atoms with Crippen LogP contribution in [0.5, 0.6) is 0 Å². The van der Waals surface area contributed by atoms with Gasteiger partial charge in [-0.25, -0.2) is 9.59 Å². The lowest BCUT2D eigenvalue weighted by Crippen LogP contribution is -2.37. The van der Waals surface area contributed by atoms with Crippen molar-refractivity contribution in [3.05, 3.63) is 71.8 Å². The number of Topliss-reactive ketones (excluding diaryl/α,β-unsaturated/α-hetero) is 1. The number of carbonyl (C=O) groups excluding carboxylic acids is 3. The van der Waals surface area contributed by atoms with Crippen LogP contribution in [0.1, 0.15) is 60.7 Å². The van der Waals surface area contributed by atoms with Crippen LogP contribution >= 0.6 is 0 Å². The summed E-state index contributed by atoms with van der Waals surface area (Å²) in [6.07, 6.45) is 0.969. The first kappa shape index (κ1) is 22.3. The molecule has 2 aromatic rings. The number of hydrogen-bond donors (Lipinski definition) is 0. The van der Waals surface area contributed by atoms with E-state index in [9.17, 15) is 14.4 Å². The van der Waals surface area contributed by atoms with Gasteiger partial charge in [0.05, 0.1) is 5.56 Å². The lowest BCUT2D eigenvalue weighted by molar-refractivity contribution is -0.148. The molecule has 0 N–H and O–H groups in total. The number of hydrogen-bond acceptors (Lipinski definition) is 5. The lowest BCUT2D eigenvalue weighted by atomic mass is 9.92. The summed E-state index contributed by atoms with van der Waals surface area (Å²) in [6, 6.07) is 17.1. The average Bonchev–Trinajstić information content (AvgIpc) is 2.77. The molecule has 0 bridgehead atoms. The zero-order chi connectivity index (χ0) is 21.2. The summed E-state index contributed by atoms with van der Waals surface area (Å²) < 4.78 is 11.2. The number of esters is 2. The Labute approximate surface area is 172 Å². The maximum Gasteiger partial charge on any atom is 0.379 e. The van der Waals surface area contributed by atoms with E-state index >= 15 is 0 Å². The van der Waals surface area contributed by atoms with E-state index in [1.165, 1.54) is 0 Å². The molecular weight excluding hydrogens is 368 g/mol. The molecule has 0 saturated heterocycles. The second kappa shape index (κ2) is 11.1. The third-order valence-corrected chi connectivity index (χ3v) is 4.90. The molecule has 0 spiro atoms. The summed E-state index contributed by atoms with van der Waals surface area (Å²) >= 11 is 0. The van der Waals surface area contributed by atoms with Crippen molar-refractivity contribution in [2.75, 3.05) is 0 Å². The summed E-state index contributed by atoms with van der Waals surface area (Å²) in [4.78, 5) is 37.2. The largest absolute Gasteiger partial charge is 0.458 e. The molecule has 0 aliphatic rings. The highest BCUT2D eigenvalue weighted by Crippen LogP contribution is 2.23. The fraction of sp³-hybridized carbons (Fsp3) is 0.375. The maximum atomic E-state index is 12.4. The normalized spacial score (nSPS) is 13.8. The van der Waals surface area contributed by atoms with Crippen molar-refractivity contribution >= 4 is 17.7 Å². The molecule has 5 heteroatoms. The highest BCUT2D eigenvalue weighted by Gasteiger charge is 2.32. The van der Waals surface area contributed by atoms with Gasteiger partial charge in [0.1, 0.15) is 12.2 Å². The van der Waals surface area contributed by atoms with Gasteiger partial charge in [-0.2, -0.15) is 0 Å². The van der Waals surface area contributed by atoms with Gasteiger partial charge >= 0.3 is 11.9 Å². The van der Waals surface area contributed by atoms with E-state index in [2.05, 4.69) is 0 Å². The number of benzene rings is 2. The first-order valence-electron chi connectivity index (χ1n) is 10.0. The molecule has 3 atom stereocenters. The van der Waals surface area contributed by atoms with E-state index in [1.54, 1.807) is 54.6 Å². The van der Waals surface area contributed by atoms with Crippen molar-refractivity contribution in [2.45, 2.75) is 52.2 Å². The summed E-state index contributed by atoms with van der Waals surface area (Å²) in [5.41, 5.74) is 0.768. The van der Waals surface area contributed by atoms with Gasteiger partial charge in [0.15, 0.2) is 0 Å². The van der Waals surface area contributed by atoms with Crippen LogP contribution in [0.15, 0.2) is 60.7 Å². The Bertz CT molecular complexity index is 801. The monoisotopic (exact) mass is 396 g/mol. The van der Waals surface area contributed by atoms with Gasteiger partial charge in [-0.15, -0.1) is 0 Å². The highest BCUT2D eigenvalue weighted by molar-refractivity contribution is 6.40. The quantitative estimate of drug-likeness (QED) is 0.326. The van der Waals surface area contributed by atoms with Gasteiger partial charge in [-0.1, -0.05) is 75.7 Å². The van der Waals surface area contributed by atoms with Crippen LogP contribution in [0.2, 0.25) is 0 Å². The number of rotatable bonds is 10. The van der Waals surface area contributed by atoms with Crippen molar-refractivity contribution in [3.63, 3.8) is 0 Å². The third-order valence-electron chi connectivity index (χ3n) is 4.90. The van der Waals surface area contributed by atoms with Crippen LogP contribution in [0.4, 0.5) is 0 Å². The summed E-state index contributed by atoms with van der Waals surface area (Å²) in [6.45, 7) is 5.77. The Balaban J connectivity index is 2.07. The van der Waals surface area contributed by atoms with E-state index in [-0.39, 0.29) is 5.92 Å². The van der Waals surface area contributed by atoms with Crippen molar-refractivity contribution in [3.8, 4) is 0 Å². The van der Waals surface area contributed by atoms with E-state index in [0.717, 1.165) is 6.42 Å². The molecule has 0 saturated carbocycles. The molecule has 2 rings (SSSR count). The maximum absolute atomic E-state index is 12.4. The average molecular weight is 396 g/mol. The number of ketones is 1. The van der Waals surface area contributed by atoms with Crippen molar-refractivity contribution in [2.24, 2.45) is 5.92 Å². The van der Waals surface area contributed by atoms with Gasteiger partial charge in [0.2, 0.25) is 0 Å². The Kier molecular flexibility index (Phi) is 8.59. The van der Waals surface area contributed by atoms with Crippen molar-refractivity contribution in [1.82, 2.24) is 0 Å². The highest BCUT2D eigenvalue weighted by atomic mass is 16.6. The Hall–Kier alpha value is -2.95. The van der Waals surface area contributed by atoms with Gasteiger partial charge in [-0.05, 0) is 25.0 Å². The van der Waals surface area contributed by atoms with Crippen molar-refractivity contribution < 1.29 is 23.9 Å². The summed E-state index contributed by atoms with van der Waals surface area (Å²) in [5.74, 6) is -2.22. The Morgan fingerprint density at radius 2 is 1.34 bits per heavy atom. The predicted octanol–water partition coefficient (Wildman–Crippen LogP) is 4.85. The molecular formula is C24H28O5. The molecule has 29 heavy (non-hydrogen) atoms. The SMILES string of the molecule is CCCC(OC(=O)C(=O)c1ccccc1)C(C)C(CC)OC(=O)c1ccccc1. The van der Waals surface area contributed by atoms with Gasteiger partial charge < -0.3 is 9.47 Å². The third kappa shape index (κ3) is 6.28. The van der Waals surface area contributed by atoms with E-state index < -0.39 is 29.9 Å². The van der Waals surface area contributed by atoms with Crippen LogP contribution in [0.25, 0.3) is 0 Å². The Morgan fingerprint density at radius 1 is 0.793 bits per heavy atom. The van der Waals surface area contributed by atoms with Crippen LogP contribution in [0, 0.1) is 5.92 Å². The fourth-order valence-electron chi connectivity index (χ4n) is 3.19. The standard InChI is InChI=1S/C24H28O5/c1-4-12-21(29-24(27)22(25)18-13-8-6-9-14-18)17(3)20(5-2)28-23(26)19-15-10-7-11-16-19/h6-11,13-17,20-21H,4-5,12H2,1-3H3. The molecule has 5 nitrogen and oxygen atoms in total. The smallest absolute Gasteiger partial charge is 0.379 e. The molecule has 154 valence electrons.